The second kappa shape index (κ2) is 5.96. The summed E-state index contributed by atoms with van der Waals surface area (Å²) in [5.41, 5.74) is 7.38. The smallest absolute Gasteiger partial charge is 0.278 e. The van der Waals surface area contributed by atoms with Gasteiger partial charge in [0.1, 0.15) is 11.5 Å². The van der Waals surface area contributed by atoms with E-state index in [-0.39, 0.29) is 0 Å². The fraction of sp³-hybridized carbons (Fsp3) is 0.167. The molecule has 4 nitrogen and oxygen atoms in total. The SMILES string of the molecule is Cc1cc(N)ccc1Oc1cc(C)c2[nH]c(C(F)F)cc(=O)c2c1. The molecule has 0 unspecified atom stereocenters. The number of hydrogen-bond acceptors (Lipinski definition) is 3. The van der Waals surface area contributed by atoms with Crippen LogP contribution in [0.3, 0.4) is 0 Å². The van der Waals surface area contributed by atoms with Crippen LogP contribution in [0.1, 0.15) is 23.2 Å². The number of nitrogen functional groups attached to an aromatic ring is 1. The number of H-pyrrole nitrogens is 1. The van der Waals surface area contributed by atoms with Gasteiger partial charge in [-0.05, 0) is 55.3 Å². The Kier molecular flexibility index (Phi) is 3.97. The van der Waals surface area contributed by atoms with Crippen molar-refractivity contribution in [3.63, 3.8) is 0 Å². The maximum atomic E-state index is 12.8. The van der Waals surface area contributed by atoms with Crippen LogP contribution in [0.5, 0.6) is 11.5 Å². The molecule has 1 aromatic heterocycles. The summed E-state index contributed by atoms with van der Waals surface area (Å²) in [6.45, 7) is 3.59. The third-order valence-electron chi connectivity index (χ3n) is 3.79. The Morgan fingerprint density at radius 2 is 1.83 bits per heavy atom. The van der Waals surface area contributed by atoms with Crippen molar-refractivity contribution in [3.8, 4) is 11.5 Å². The molecule has 124 valence electrons. The first-order valence-electron chi connectivity index (χ1n) is 7.35. The maximum Gasteiger partial charge on any atom is 0.278 e. The number of nitrogens with one attached hydrogen (secondary N) is 1. The first-order valence-corrected chi connectivity index (χ1v) is 7.35. The predicted molar refractivity (Wildman–Crippen MR) is 89.9 cm³/mol. The minimum Gasteiger partial charge on any atom is -0.457 e. The minimum atomic E-state index is -2.73. The average Bonchev–Trinajstić information content (AvgIpc) is 2.51. The van der Waals surface area contributed by atoms with Crippen LogP contribution < -0.4 is 15.9 Å². The second-order valence-corrected chi connectivity index (χ2v) is 5.68. The molecule has 0 saturated carbocycles. The lowest BCUT2D eigenvalue weighted by molar-refractivity contribution is 0.146. The quantitative estimate of drug-likeness (QED) is 0.697. The van der Waals surface area contributed by atoms with E-state index in [4.69, 9.17) is 10.5 Å². The molecular weight excluding hydrogens is 314 g/mol. The Hall–Kier alpha value is -2.89. The van der Waals surface area contributed by atoms with E-state index >= 15 is 0 Å². The molecule has 0 bridgehead atoms. The monoisotopic (exact) mass is 330 g/mol. The molecule has 0 fully saturated rings. The normalized spacial score (nSPS) is 11.2. The maximum absolute atomic E-state index is 12.8. The van der Waals surface area contributed by atoms with E-state index in [9.17, 15) is 13.6 Å². The van der Waals surface area contributed by atoms with Gasteiger partial charge in [0.25, 0.3) is 6.43 Å². The largest absolute Gasteiger partial charge is 0.457 e. The Balaban J connectivity index is 2.09. The van der Waals surface area contributed by atoms with Crippen molar-refractivity contribution in [2.45, 2.75) is 20.3 Å². The van der Waals surface area contributed by atoms with Crippen LogP contribution in [-0.4, -0.2) is 4.98 Å². The molecule has 3 rings (SSSR count). The van der Waals surface area contributed by atoms with E-state index < -0.39 is 17.5 Å². The van der Waals surface area contributed by atoms with Gasteiger partial charge in [0.2, 0.25) is 0 Å². The minimum absolute atomic E-state index is 0.308. The molecule has 0 aliphatic carbocycles. The summed E-state index contributed by atoms with van der Waals surface area (Å²) in [6.07, 6.45) is -2.73. The van der Waals surface area contributed by atoms with Crippen LogP contribution in [0.15, 0.2) is 41.2 Å². The summed E-state index contributed by atoms with van der Waals surface area (Å²) >= 11 is 0. The van der Waals surface area contributed by atoms with E-state index in [1.165, 1.54) is 0 Å². The first-order chi connectivity index (χ1) is 11.3. The number of aromatic nitrogens is 1. The van der Waals surface area contributed by atoms with Crippen molar-refractivity contribution in [3.05, 3.63) is 63.4 Å². The molecule has 0 aliphatic rings. The summed E-state index contributed by atoms with van der Waals surface area (Å²) in [4.78, 5) is 14.8. The fourth-order valence-corrected chi connectivity index (χ4v) is 2.60. The van der Waals surface area contributed by atoms with Gasteiger partial charge >= 0.3 is 0 Å². The van der Waals surface area contributed by atoms with Crippen LogP contribution >= 0.6 is 0 Å². The average molecular weight is 330 g/mol. The van der Waals surface area contributed by atoms with Crippen LogP contribution in [0.4, 0.5) is 14.5 Å². The van der Waals surface area contributed by atoms with Gasteiger partial charge < -0.3 is 15.5 Å². The van der Waals surface area contributed by atoms with E-state index in [1.807, 2.05) is 6.92 Å². The number of rotatable bonds is 3. The molecular formula is C18H16F2N2O2. The van der Waals surface area contributed by atoms with Crippen molar-refractivity contribution in [1.29, 1.82) is 0 Å². The van der Waals surface area contributed by atoms with Crippen LogP contribution in [-0.2, 0) is 0 Å². The van der Waals surface area contributed by atoms with Crippen LogP contribution in [0, 0.1) is 13.8 Å². The zero-order valence-electron chi connectivity index (χ0n) is 13.2. The van der Waals surface area contributed by atoms with Crippen molar-refractivity contribution >= 4 is 16.6 Å². The van der Waals surface area contributed by atoms with Crippen molar-refractivity contribution in [2.75, 3.05) is 5.73 Å². The molecule has 2 aromatic carbocycles. The van der Waals surface area contributed by atoms with Crippen LogP contribution in [0.2, 0.25) is 0 Å². The molecule has 3 N–H and O–H groups in total. The highest BCUT2D eigenvalue weighted by Crippen LogP contribution is 2.30. The Labute approximate surface area is 136 Å². The highest BCUT2D eigenvalue weighted by molar-refractivity contribution is 5.83. The third kappa shape index (κ3) is 2.95. The topological polar surface area (TPSA) is 68.1 Å². The molecule has 6 heteroatoms. The lowest BCUT2D eigenvalue weighted by Gasteiger charge is -2.12. The molecule has 0 spiro atoms. The standard InChI is InChI=1S/C18H16F2N2O2/c1-9-5-11(21)3-4-16(9)24-12-6-10(2)17-13(7-12)15(23)8-14(22-17)18(19)20/h3-8,18H,21H2,1-2H3,(H,22,23). The fourth-order valence-electron chi connectivity index (χ4n) is 2.60. The van der Waals surface area contributed by atoms with Gasteiger partial charge in [-0.1, -0.05) is 0 Å². The van der Waals surface area contributed by atoms with E-state index in [1.54, 1.807) is 37.3 Å². The number of hydrogen-bond donors (Lipinski definition) is 2. The van der Waals surface area contributed by atoms with Crippen molar-refractivity contribution < 1.29 is 13.5 Å². The molecule has 0 amide bonds. The summed E-state index contributed by atoms with van der Waals surface area (Å²) in [7, 11) is 0. The van der Waals surface area contributed by atoms with Gasteiger partial charge in [-0.15, -0.1) is 0 Å². The van der Waals surface area contributed by atoms with Gasteiger partial charge in [-0.25, -0.2) is 8.78 Å². The second-order valence-electron chi connectivity index (χ2n) is 5.68. The molecule has 3 aromatic rings. The van der Waals surface area contributed by atoms with Gasteiger partial charge in [0.05, 0.1) is 11.2 Å². The van der Waals surface area contributed by atoms with E-state index in [0.717, 1.165) is 11.6 Å². The summed E-state index contributed by atoms with van der Waals surface area (Å²) < 4.78 is 31.5. The first kappa shape index (κ1) is 16.0. The van der Waals surface area contributed by atoms with Gasteiger partial charge in [0, 0.05) is 17.1 Å². The van der Waals surface area contributed by atoms with Gasteiger partial charge in [0.15, 0.2) is 5.43 Å². The number of alkyl halides is 2. The number of ether oxygens (including phenoxy) is 1. The highest BCUT2D eigenvalue weighted by Gasteiger charge is 2.13. The summed E-state index contributed by atoms with van der Waals surface area (Å²) in [6, 6.07) is 9.41. The molecule has 0 aliphatic heterocycles. The lowest BCUT2D eigenvalue weighted by atomic mass is 10.1. The number of benzene rings is 2. The number of nitrogens with two attached hydrogens (primary N) is 1. The summed E-state index contributed by atoms with van der Waals surface area (Å²) in [5, 5.41) is 0.308. The Bertz CT molecular complexity index is 981. The lowest BCUT2D eigenvalue weighted by Crippen LogP contribution is -2.07. The molecule has 24 heavy (non-hydrogen) atoms. The van der Waals surface area contributed by atoms with Crippen molar-refractivity contribution in [2.24, 2.45) is 0 Å². The van der Waals surface area contributed by atoms with Gasteiger partial charge in [-0.3, -0.25) is 4.79 Å². The van der Waals surface area contributed by atoms with E-state index in [0.29, 0.717) is 33.7 Å². The summed E-state index contributed by atoms with van der Waals surface area (Å²) in [5.74, 6) is 1.08. The zero-order chi connectivity index (χ0) is 17.4. The number of aromatic amines is 1. The molecule has 0 atom stereocenters. The molecule has 1 heterocycles. The number of anilines is 1. The third-order valence-corrected chi connectivity index (χ3v) is 3.79. The van der Waals surface area contributed by atoms with Crippen LogP contribution in [0.25, 0.3) is 10.9 Å². The molecule has 0 saturated heterocycles. The zero-order valence-corrected chi connectivity index (χ0v) is 13.2. The predicted octanol–water partition coefficient (Wildman–Crippen LogP) is 4.46. The Morgan fingerprint density at radius 3 is 2.50 bits per heavy atom. The number of aryl methyl sites for hydroxylation is 2. The Morgan fingerprint density at radius 1 is 1.08 bits per heavy atom. The van der Waals surface area contributed by atoms with E-state index in [2.05, 4.69) is 4.98 Å². The highest BCUT2D eigenvalue weighted by atomic mass is 19.3. The molecule has 0 radical (unpaired) electrons. The number of fused-ring (bicyclic) bond motifs is 1. The van der Waals surface area contributed by atoms with Gasteiger partial charge in [-0.2, -0.15) is 0 Å². The number of pyridine rings is 1. The number of halogens is 2. The van der Waals surface area contributed by atoms with Crippen molar-refractivity contribution in [1.82, 2.24) is 4.98 Å².